The topological polar surface area (TPSA) is 48.0 Å². The molecule has 5 heteroatoms. The second-order valence-electron chi connectivity index (χ2n) is 3.12. The highest BCUT2D eigenvalue weighted by Gasteiger charge is 2.08. The summed E-state index contributed by atoms with van der Waals surface area (Å²) in [6.45, 7) is 1.98. The molecule has 0 amide bonds. The number of nitrogens with zero attached hydrogens (tertiary/aromatic N) is 1. The molecule has 2 heterocycles. The molecule has 0 spiro atoms. The first kappa shape index (κ1) is 11.1. The molecule has 0 aliphatic carbocycles. The number of halogens is 1. The highest BCUT2D eigenvalue weighted by atomic mass is 35.5. The van der Waals surface area contributed by atoms with Crippen LogP contribution in [0.2, 0.25) is 0 Å². The van der Waals surface area contributed by atoms with Gasteiger partial charge in [-0.15, -0.1) is 23.7 Å². The average Bonchev–Trinajstić information content (AvgIpc) is 2.44. The molecule has 0 fully saturated rings. The van der Waals surface area contributed by atoms with Crippen molar-refractivity contribution in [3.05, 3.63) is 27.5 Å². The Hall–Kier alpha value is -1.00. The SMILES string of the molecule is Cc1cn(C)c(=O)c2c(N)csc12.Cl. The van der Waals surface area contributed by atoms with E-state index >= 15 is 0 Å². The Bertz CT molecular complexity index is 529. The van der Waals surface area contributed by atoms with Crippen LogP contribution in [0.3, 0.4) is 0 Å². The van der Waals surface area contributed by atoms with Gasteiger partial charge in [0.15, 0.2) is 0 Å². The molecule has 2 N–H and O–H groups in total. The Morgan fingerprint density at radius 2 is 2.14 bits per heavy atom. The van der Waals surface area contributed by atoms with Gasteiger partial charge in [0.05, 0.1) is 11.1 Å². The van der Waals surface area contributed by atoms with E-state index in [1.807, 2.05) is 18.5 Å². The van der Waals surface area contributed by atoms with E-state index in [1.165, 1.54) is 11.3 Å². The summed E-state index contributed by atoms with van der Waals surface area (Å²) in [5, 5.41) is 2.48. The summed E-state index contributed by atoms with van der Waals surface area (Å²) in [4.78, 5) is 11.7. The molecule has 0 bridgehead atoms. The molecule has 2 aromatic rings. The Balaban J connectivity index is 0.000000980. The van der Waals surface area contributed by atoms with Crippen LogP contribution in [-0.4, -0.2) is 4.57 Å². The van der Waals surface area contributed by atoms with Gasteiger partial charge in [0.1, 0.15) is 0 Å². The maximum atomic E-state index is 11.7. The fraction of sp³-hybridized carbons (Fsp3) is 0.222. The molecule has 0 unspecified atom stereocenters. The molecule has 0 aliphatic heterocycles. The Labute approximate surface area is 91.6 Å². The first-order valence-corrected chi connectivity index (χ1v) is 4.82. The molecule has 2 rings (SSSR count). The molecular weight excluding hydrogens is 220 g/mol. The van der Waals surface area contributed by atoms with Gasteiger partial charge in [0, 0.05) is 23.3 Å². The summed E-state index contributed by atoms with van der Waals surface area (Å²) in [7, 11) is 1.74. The van der Waals surface area contributed by atoms with Gasteiger partial charge < -0.3 is 10.3 Å². The normalized spacial score (nSPS) is 10.1. The van der Waals surface area contributed by atoms with Crippen LogP contribution in [0.25, 0.3) is 10.1 Å². The van der Waals surface area contributed by atoms with Crippen LogP contribution < -0.4 is 11.3 Å². The third-order valence-corrected chi connectivity index (χ3v) is 3.23. The highest BCUT2D eigenvalue weighted by Crippen LogP contribution is 2.27. The Kier molecular flexibility index (Phi) is 2.87. The monoisotopic (exact) mass is 230 g/mol. The first-order chi connectivity index (χ1) is 6.11. The van der Waals surface area contributed by atoms with Crippen molar-refractivity contribution < 1.29 is 0 Å². The first-order valence-electron chi connectivity index (χ1n) is 3.94. The zero-order valence-corrected chi connectivity index (χ0v) is 9.54. The predicted octanol–water partition coefficient (Wildman–Crippen LogP) is 1.91. The number of pyridine rings is 1. The third kappa shape index (κ3) is 1.40. The van der Waals surface area contributed by atoms with Crippen LogP contribution >= 0.6 is 23.7 Å². The number of hydrogen-bond donors (Lipinski definition) is 1. The van der Waals surface area contributed by atoms with Gasteiger partial charge in [0.25, 0.3) is 5.56 Å². The van der Waals surface area contributed by atoms with E-state index < -0.39 is 0 Å². The molecule has 0 aliphatic rings. The van der Waals surface area contributed by atoms with Crippen LogP contribution in [0.4, 0.5) is 5.69 Å². The van der Waals surface area contributed by atoms with E-state index in [0.29, 0.717) is 11.1 Å². The van der Waals surface area contributed by atoms with Crippen molar-refractivity contribution in [3.8, 4) is 0 Å². The fourth-order valence-corrected chi connectivity index (χ4v) is 2.39. The lowest BCUT2D eigenvalue weighted by atomic mass is 10.2. The van der Waals surface area contributed by atoms with Crippen molar-refractivity contribution in [2.24, 2.45) is 7.05 Å². The van der Waals surface area contributed by atoms with Crippen molar-refractivity contribution in [3.63, 3.8) is 0 Å². The minimum atomic E-state index is -0.0145. The molecule has 3 nitrogen and oxygen atoms in total. The largest absolute Gasteiger partial charge is 0.397 e. The van der Waals surface area contributed by atoms with E-state index in [1.54, 1.807) is 11.6 Å². The minimum Gasteiger partial charge on any atom is -0.397 e. The molecule has 0 atom stereocenters. The molecule has 2 aromatic heterocycles. The van der Waals surface area contributed by atoms with Crippen LogP contribution in [0, 0.1) is 6.92 Å². The maximum absolute atomic E-state index is 11.7. The smallest absolute Gasteiger partial charge is 0.261 e. The molecule has 14 heavy (non-hydrogen) atoms. The fourth-order valence-electron chi connectivity index (χ4n) is 1.47. The van der Waals surface area contributed by atoms with E-state index in [0.717, 1.165) is 10.3 Å². The van der Waals surface area contributed by atoms with Crippen LogP contribution in [0.15, 0.2) is 16.4 Å². The van der Waals surface area contributed by atoms with E-state index in [-0.39, 0.29) is 18.0 Å². The van der Waals surface area contributed by atoms with E-state index in [2.05, 4.69) is 0 Å². The van der Waals surface area contributed by atoms with Crippen molar-refractivity contribution >= 4 is 39.5 Å². The number of anilines is 1. The molecular formula is C9H11ClN2OS. The van der Waals surface area contributed by atoms with Crippen molar-refractivity contribution in [2.45, 2.75) is 6.92 Å². The minimum absolute atomic E-state index is 0. The van der Waals surface area contributed by atoms with Gasteiger partial charge >= 0.3 is 0 Å². The van der Waals surface area contributed by atoms with Crippen molar-refractivity contribution in [1.29, 1.82) is 0 Å². The molecule has 0 aromatic carbocycles. The zero-order valence-electron chi connectivity index (χ0n) is 7.90. The number of rotatable bonds is 0. The van der Waals surface area contributed by atoms with Gasteiger partial charge in [-0.05, 0) is 12.5 Å². The average molecular weight is 231 g/mol. The standard InChI is InChI=1S/C9H10N2OS.ClH/c1-5-3-11(2)9(12)7-6(10)4-13-8(5)7;/h3-4H,10H2,1-2H3;1H. The van der Waals surface area contributed by atoms with Crippen molar-refractivity contribution in [2.75, 3.05) is 5.73 Å². The number of aryl methyl sites for hydroxylation is 2. The van der Waals surface area contributed by atoms with Crippen LogP contribution in [0.1, 0.15) is 5.56 Å². The van der Waals surface area contributed by atoms with Gasteiger partial charge in [-0.3, -0.25) is 4.79 Å². The molecule has 0 saturated heterocycles. The quantitative estimate of drug-likeness (QED) is 0.752. The maximum Gasteiger partial charge on any atom is 0.261 e. The lowest BCUT2D eigenvalue weighted by Gasteiger charge is -2.00. The number of hydrogen-bond acceptors (Lipinski definition) is 3. The summed E-state index contributed by atoms with van der Waals surface area (Å²) in [6, 6.07) is 0. The Morgan fingerprint density at radius 3 is 2.79 bits per heavy atom. The van der Waals surface area contributed by atoms with Gasteiger partial charge in [-0.25, -0.2) is 0 Å². The van der Waals surface area contributed by atoms with E-state index in [9.17, 15) is 4.79 Å². The summed E-state index contributed by atoms with van der Waals surface area (Å²) in [5.41, 5.74) is 7.38. The molecule has 0 radical (unpaired) electrons. The van der Waals surface area contributed by atoms with E-state index in [4.69, 9.17) is 5.73 Å². The second kappa shape index (κ2) is 3.63. The lowest BCUT2D eigenvalue weighted by molar-refractivity contribution is 0.867. The predicted molar refractivity (Wildman–Crippen MR) is 63.5 cm³/mol. The van der Waals surface area contributed by atoms with Gasteiger partial charge in [-0.1, -0.05) is 0 Å². The summed E-state index contributed by atoms with van der Waals surface area (Å²) >= 11 is 1.53. The number of fused-ring (bicyclic) bond motifs is 1. The van der Waals surface area contributed by atoms with Crippen molar-refractivity contribution in [1.82, 2.24) is 4.57 Å². The van der Waals surface area contributed by atoms with Gasteiger partial charge in [-0.2, -0.15) is 0 Å². The number of nitrogens with two attached hydrogens (primary N) is 1. The molecule has 0 saturated carbocycles. The lowest BCUT2D eigenvalue weighted by Crippen LogP contribution is -2.16. The highest BCUT2D eigenvalue weighted by molar-refractivity contribution is 7.18. The third-order valence-electron chi connectivity index (χ3n) is 2.10. The summed E-state index contributed by atoms with van der Waals surface area (Å²) < 4.78 is 2.57. The number of nitrogen functional groups attached to an aromatic ring is 1. The summed E-state index contributed by atoms with van der Waals surface area (Å²) in [6.07, 6.45) is 1.83. The summed E-state index contributed by atoms with van der Waals surface area (Å²) in [5.74, 6) is 0. The number of aromatic nitrogens is 1. The van der Waals surface area contributed by atoms with Crippen LogP contribution in [-0.2, 0) is 7.05 Å². The van der Waals surface area contributed by atoms with Crippen LogP contribution in [0.5, 0.6) is 0 Å². The molecule has 76 valence electrons. The van der Waals surface area contributed by atoms with Gasteiger partial charge in [0.2, 0.25) is 0 Å². The Morgan fingerprint density at radius 1 is 1.50 bits per heavy atom. The zero-order chi connectivity index (χ0) is 9.59. The number of thiophene rings is 1. The second-order valence-corrected chi connectivity index (χ2v) is 4.00.